The summed E-state index contributed by atoms with van der Waals surface area (Å²) in [5.74, 6) is -11.5. The first kappa shape index (κ1) is 65.6. The number of benzene rings is 3. The maximum Gasteiger partial charge on any atom is 0.446 e. The van der Waals surface area contributed by atoms with Gasteiger partial charge in [0, 0.05) is 50.3 Å². The molecule has 82 heavy (non-hydrogen) atoms. The summed E-state index contributed by atoms with van der Waals surface area (Å²) >= 11 is 0. The first-order chi connectivity index (χ1) is 38.8. The number of carbonyl (C=O) groups is 11. The van der Waals surface area contributed by atoms with Crippen molar-refractivity contribution < 1.29 is 80.1 Å². The number of amides is 9. The van der Waals surface area contributed by atoms with Gasteiger partial charge in [0.2, 0.25) is 53.2 Å². The molecule has 0 saturated carbocycles. The summed E-state index contributed by atoms with van der Waals surface area (Å²) < 4.78 is 36.1. The minimum atomic E-state index is -4.90. The molecule has 1 heterocycles. The maximum atomic E-state index is 14.5. The van der Waals surface area contributed by atoms with Gasteiger partial charge in [-0.25, -0.2) is 0 Å². The van der Waals surface area contributed by atoms with Crippen molar-refractivity contribution in [3.63, 3.8) is 0 Å². The number of likely N-dealkylation sites (N-methyl/N-ethyl adjacent to an activating group) is 1. The number of H-pyrrole nitrogens is 1. The zero-order valence-corrected chi connectivity index (χ0v) is 46.4. The second kappa shape index (κ2) is 31.8. The molecular weight excluding hydrogens is 1090 g/mol. The van der Waals surface area contributed by atoms with Gasteiger partial charge >= 0.3 is 22.3 Å². The topological polar surface area (TPSA) is 421 Å². The van der Waals surface area contributed by atoms with Crippen molar-refractivity contribution in [3.8, 4) is 5.75 Å². The van der Waals surface area contributed by atoms with Gasteiger partial charge in [0.05, 0.1) is 19.4 Å². The number of carbonyl (C=O) groups excluding carboxylic acids is 9. The molecule has 0 radical (unpaired) electrons. The summed E-state index contributed by atoms with van der Waals surface area (Å²) in [7, 11) is -3.65. The van der Waals surface area contributed by atoms with Crippen molar-refractivity contribution in [3.05, 3.63) is 102 Å². The molecule has 0 aliphatic heterocycles. The number of nitrogens with zero attached hydrogens (tertiary/aromatic N) is 1. The van der Waals surface area contributed by atoms with Crippen LogP contribution < -0.4 is 47.1 Å². The molecule has 0 unspecified atom stereocenters. The molecule has 444 valence electrons. The van der Waals surface area contributed by atoms with E-state index in [1.54, 1.807) is 67.7 Å². The number of hydrogen-bond donors (Lipinski definition) is 12. The third-order valence-electron chi connectivity index (χ3n) is 12.7. The summed E-state index contributed by atoms with van der Waals surface area (Å²) in [6.45, 7) is 3.95. The van der Waals surface area contributed by atoms with E-state index in [2.05, 4.69) is 46.4 Å². The predicted molar refractivity (Wildman–Crippen MR) is 294 cm³/mol. The number of nitrogens with one attached hydrogen (secondary N) is 8. The van der Waals surface area contributed by atoms with Crippen LogP contribution in [0, 0.1) is 0 Å². The maximum absolute atomic E-state index is 14.5. The summed E-state index contributed by atoms with van der Waals surface area (Å²) in [6.07, 6.45) is 1.01. The van der Waals surface area contributed by atoms with Gasteiger partial charge in [0.1, 0.15) is 48.0 Å². The van der Waals surface area contributed by atoms with E-state index < -0.39 is 137 Å². The number of hydrogen-bond acceptors (Lipinski definition) is 14. The molecule has 0 bridgehead atoms. The fraction of sp³-hybridized carbons (Fsp3) is 0.426. The number of nitrogens with two attached hydrogens (primary N) is 1. The van der Waals surface area contributed by atoms with Crippen molar-refractivity contribution in [1.29, 1.82) is 0 Å². The number of para-hydroxylation sites is 1. The Bertz CT molecular complexity index is 3010. The van der Waals surface area contributed by atoms with Gasteiger partial charge in [-0.05, 0) is 47.7 Å². The third kappa shape index (κ3) is 22.0. The summed E-state index contributed by atoms with van der Waals surface area (Å²) in [4.78, 5) is 150. The van der Waals surface area contributed by atoms with E-state index in [1.807, 2.05) is 6.92 Å². The first-order valence-corrected chi connectivity index (χ1v) is 27.5. The van der Waals surface area contributed by atoms with Gasteiger partial charge in [-0.2, -0.15) is 8.42 Å². The van der Waals surface area contributed by atoms with Crippen LogP contribution in [0.2, 0.25) is 0 Å². The number of aromatic amines is 1. The highest BCUT2D eigenvalue weighted by Crippen LogP contribution is 2.20. The van der Waals surface area contributed by atoms with Crippen LogP contribution in [-0.4, -0.2) is 154 Å². The fourth-order valence-electron chi connectivity index (χ4n) is 8.57. The Morgan fingerprint density at radius 3 is 1.61 bits per heavy atom. The highest BCUT2D eigenvalue weighted by molar-refractivity contribution is 7.81. The van der Waals surface area contributed by atoms with Crippen molar-refractivity contribution in [1.82, 2.24) is 47.1 Å². The number of primary amides is 1. The zero-order valence-electron chi connectivity index (χ0n) is 45.6. The second-order valence-electron chi connectivity index (χ2n) is 19.4. The van der Waals surface area contributed by atoms with Gasteiger partial charge in [-0.3, -0.25) is 57.3 Å². The minimum absolute atomic E-state index is 0.00407. The number of carboxylic acid groups (broad SMARTS) is 2. The van der Waals surface area contributed by atoms with Crippen LogP contribution in [0.3, 0.4) is 0 Å². The van der Waals surface area contributed by atoms with Crippen LogP contribution in [0.15, 0.2) is 85.1 Å². The third-order valence-corrected chi connectivity index (χ3v) is 13.1. The van der Waals surface area contributed by atoms with Gasteiger partial charge in [-0.1, -0.05) is 100 Å². The molecule has 0 aliphatic rings. The number of aromatic nitrogens is 1. The highest BCUT2D eigenvalue weighted by atomic mass is 32.3. The van der Waals surface area contributed by atoms with Crippen molar-refractivity contribution in [2.45, 2.75) is 134 Å². The average Bonchev–Trinajstić information content (AvgIpc) is 4.08. The van der Waals surface area contributed by atoms with E-state index in [9.17, 15) is 71.4 Å². The minimum Gasteiger partial charge on any atom is -0.481 e. The van der Waals surface area contributed by atoms with E-state index in [1.165, 1.54) is 19.2 Å². The van der Waals surface area contributed by atoms with E-state index >= 15 is 0 Å². The largest absolute Gasteiger partial charge is 0.481 e. The van der Waals surface area contributed by atoms with Gasteiger partial charge < -0.3 is 67.2 Å². The molecule has 4 rings (SSSR count). The monoisotopic (exact) mass is 1160 g/mol. The Morgan fingerprint density at radius 2 is 1.05 bits per heavy atom. The molecule has 9 amide bonds. The van der Waals surface area contributed by atoms with Crippen LogP contribution in [0.1, 0.15) is 88.8 Å². The number of unbranched alkanes of at least 4 members (excludes halogenated alkanes) is 2. The Hall–Kier alpha value is -8.92. The van der Waals surface area contributed by atoms with Crippen LogP contribution in [-0.2, 0) is 82.4 Å². The highest BCUT2D eigenvalue weighted by Gasteiger charge is 2.35. The molecule has 0 spiro atoms. The average molecular weight is 1160 g/mol. The number of fused-ring (bicyclic) bond motifs is 1. The molecule has 13 N–H and O–H groups in total. The van der Waals surface area contributed by atoms with E-state index in [0.717, 1.165) is 24.0 Å². The van der Waals surface area contributed by atoms with E-state index in [4.69, 9.17) is 10.3 Å². The lowest BCUT2D eigenvalue weighted by Crippen LogP contribution is -2.59. The van der Waals surface area contributed by atoms with Crippen LogP contribution >= 0.6 is 0 Å². The number of carboxylic acids is 2. The quantitative estimate of drug-likeness (QED) is 0.0275. The molecule has 0 saturated heterocycles. The summed E-state index contributed by atoms with van der Waals surface area (Å²) in [5.41, 5.74) is 7.74. The lowest BCUT2D eigenvalue weighted by Gasteiger charge is -2.28. The van der Waals surface area contributed by atoms with Crippen LogP contribution in [0.4, 0.5) is 0 Å². The molecule has 7 atom stereocenters. The normalized spacial score (nSPS) is 13.7. The molecule has 3 aromatic carbocycles. The first-order valence-electron chi connectivity index (χ1n) is 26.2. The van der Waals surface area contributed by atoms with Crippen LogP contribution in [0.25, 0.3) is 10.9 Å². The second-order valence-corrected chi connectivity index (χ2v) is 20.4. The van der Waals surface area contributed by atoms with E-state index in [-0.39, 0.29) is 43.4 Å². The van der Waals surface area contributed by atoms with E-state index in [0.29, 0.717) is 47.7 Å². The standard InChI is InChI=1S/C54H70N10O17S/c1-5-7-17-38(49(72)63-44(28-47(69)70)53(76)61-40(48(55)71)24-32-14-10-9-11-15-32)59-51(74)42(26-34-29-56-37-19-13-12-16-36(34)37)58-45(66)30-64(4)54(77)39(18-8-6-2)60-50(73)41(62-52(75)43(27-46(67)68)57-31(3)65)25-33-20-22-35(23-21-33)81-82(78,79)80/h9-16,19-23,29,38-44,56H,5-8,17-18,24-28,30H2,1-4H3,(H2,55,71)(H,57,65)(H,58,66)(H,59,74)(H,60,73)(H,61,76)(H,62,75)(H,63,72)(H,67,68)(H,69,70)(H,78,79,80)/t38-,39-,40-,41-,42-,43-,44-/m0/s1. The fourth-order valence-corrected chi connectivity index (χ4v) is 8.92. The van der Waals surface area contributed by atoms with Crippen molar-refractivity contribution in [2.75, 3.05) is 13.6 Å². The molecule has 4 aromatic rings. The smallest absolute Gasteiger partial charge is 0.446 e. The molecular formula is C54H70N10O17S. The Balaban J connectivity index is 1.59. The predicted octanol–water partition coefficient (Wildman–Crippen LogP) is 0.0644. The lowest BCUT2D eigenvalue weighted by molar-refractivity contribution is -0.141. The Kier molecular flexibility index (Phi) is 25.4. The number of rotatable bonds is 34. The van der Waals surface area contributed by atoms with Crippen LogP contribution in [0.5, 0.6) is 5.75 Å². The molecule has 1 aromatic heterocycles. The van der Waals surface area contributed by atoms with Crippen molar-refractivity contribution >= 4 is 86.4 Å². The van der Waals surface area contributed by atoms with Crippen molar-refractivity contribution in [2.24, 2.45) is 5.73 Å². The SMILES string of the molecule is CCCC[C@H](NC(=O)[C@H](Cc1c[nH]c2ccccc12)NC(=O)CN(C)C(=O)[C@H](CCCC)NC(=O)[C@H](Cc1ccc(OS(=O)(=O)O)cc1)NC(=O)[C@H](CC(=O)O)NC(C)=O)C(=O)N[C@@H](CC(=O)O)C(=O)N[C@@H](Cc1ccccc1)C(N)=O. The summed E-state index contributed by atoms with van der Waals surface area (Å²) in [5, 5.41) is 37.3. The Morgan fingerprint density at radius 1 is 0.585 bits per heavy atom. The molecule has 28 heteroatoms. The van der Waals surface area contributed by atoms with Gasteiger partial charge in [-0.15, -0.1) is 0 Å². The zero-order chi connectivity index (χ0) is 60.7. The molecule has 0 fully saturated rings. The Labute approximate surface area is 472 Å². The molecule has 27 nitrogen and oxygen atoms in total. The summed E-state index contributed by atoms with van der Waals surface area (Å²) in [6, 6.07) is 10.0. The lowest BCUT2D eigenvalue weighted by atomic mass is 10.0. The molecule has 0 aliphatic carbocycles. The van der Waals surface area contributed by atoms with Gasteiger partial charge in [0.15, 0.2) is 0 Å². The van der Waals surface area contributed by atoms with Gasteiger partial charge in [0.25, 0.3) is 0 Å². The number of aliphatic carboxylic acids is 2.